The predicted molar refractivity (Wildman–Crippen MR) is 85.8 cm³/mol. The number of aliphatic hydroxyl groups excluding tert-OH is 1. The molecule has 0 spiro atoms. The van der Waals surface area contributed by atoms with Gasteiger partial charge in [0.05, 0.1) is 7.11 Å². The van der Waals surface area contributed by atoms with Gasteiger partial charge in [-0.25, -0.2) is 0 Å². The van der Waals surface area contributed by atoms with E-state index in [1.807, 2.05) is 0 Å². The molecule has 0 aliphatic rings. The van der Waals surface area contributed by atoms with Crippen LogP contribution in [0.5, 0.6) is 5.75 Å². The Morgan fingerprint density at radius 2 is 1.90 bits per heavy atom. The van der Waals surface area contributed by atoms with E-state index in [1.54, 1.807) is 25.3 Å². The van der Waals surface area contributed by atoms with E-state index in [9.17, 15) is 5.11 Å². The van der Waals surface area contributed by atoms with E-state index in [-0.39, 0.29) is 0 Å². The summed E-state index contributed by atoms with van der Waals surface area (Å²) in [4.78, 5) is 0. The molecule has 0 aliphatic heterocycles. The zero-order valence-electron chi connectivity index (χ0n) is 12.3. The Kier molecular flexibility index (Phi) is 5.62. The third kappa shape index (κ3) is 4.46. The first-order valence-electron chi connectivity index (χ1n) is 6.90. The molecule has 2 N–H and O–H groups in total. The Bertz CT molecular complexity index is 584. The topological polar surface area (TPSA) is 41.5 Å². The van der Waals surface area contributed by atoms with Gasteiger partial charge in [-0.05, 0) is 37.1 Å². The molecular weight excluding hydrogens is 286 g/mol. The molecule has 3 nitrogen and oxygen atoms in total. The third-order valence-corrected chi connectivity index (χ3v) is 3.59. The lowest BCUT2D eigenvalue weighted by atomic mass is 10.1. The summed E-state index contributed by atoms with van der Waals surface area (Å²) in [6, 6.07) is 13.6. The van der Waals surface area contributed by atoms with Gasteiger partial charge in [0.25, 0.3) is 0 Å². The van der Waals surface area contributed by atoms with Crippen molar-refractivity contribution >= 4 is 11.6 Å². The highest BCUT2D eigenvalue weighted by Crippen LogP contribution is 2.27. The lowest BCUT2D eigenvalue weighted by Crippen LogP contribution is -2.23. The average molecular weight is 306 g/mol. The fourth-order valence-electron chi connectivity index (χ4n) is 2.14. The fraction of sp³-hybridized carbons (Fsp3) is 0.294. The van der Waals surface area contributed by atoms with Crippen molar-refractivity contribution in [1.82, 2.24) is 5.32 Å². The fourth-order valence-corrected chi connectivity index (χ4v) is 2.32. The second-order valence-electron chi connectivity index (χ2n) is 4.98. The van der Waals surface area contributed by atoms with Crippen LogP contribution in [0.4, 0.5) is 0 Å². The summed E-state index contributed by atoms with van der Waals surface area (Å²) in [5, 5.41) is 13.9. The molecule has 0 aromatic heterocycles. The summed E-state index contributed by atoms with van der Waals surface area (Å²) < 4.78 is 5.24. The molecule has 0 amide bonds. The largest absolute Gasteiger partial charge is 0.496 e. The summed E-state index contributed by atoms with van der Waals surface area (Å²) in [5.41, 5.74) is 3.13. The van der Waals surface area contributed by atoms with E-state index in [0.717, 1.165) is 6.42 Å². The van der Waals surface area contributed by atoms with Crippen molar-refractivity contribution in [2.75, 3.05) is 13.7 Å². The number of rotatable bonds is 6. The van der Waals surface area contributed by atoms with Gasteiger partial charge in [-0.3, -0.25) is 5.32 Å². The predicted octanol–water partition coefficient (Wildman–Crippen LogP) is 3.48. The van der Waals surface area contributed by atoms with Crippen LogP contribution in [0.15, 0.2) is 42.5 Å². The Labute approximate surface area is 130 Å². The number of hydrogen-bond donors (Lipinski definition) is 2. The molecule has 0 radical (unpaired) electrons. The second-order valence-corrected chi connectivity index (χ2v) is 5.41. The van der Waals surface area contributed by atoms with E-state index < -0.39 is 6.23 Å². The molecular formula is C17H20ClNO2. The first-order chi connectivity index (χ1) is 10.1. The summed E-state index contributed by atoms with van der Waals surface area (Å²) in [5.74, 6) is 0.620. The van der Waals surface area contributed by atoms with Gasteiger partial charge in [-0.15, -0.1) is 0 Å². The van der Waals surface area contributed by atoms with Gasteiger partial charge in [-0.2, -0.15) is 0 Å². The van der Waals surface area contributed by atoms with Crippen molar-refractivity contribution in [2.24, 2.45) is 0 Å². The number of aliphatic hydroxyl groups is 1. The normalized spacial score (nSPS) is 12.2. The number of hydrogen-bond acceptors (Lipinski definition) is 3. The lowest BCUT2D eigenvalue weighted by Gasteiger charge is -2.16. The monoisotopic (exact) mass is 305 g/mol. The number of halogens is 1. The van der Waals surface area contributed by atoms with Crippen molar-refractivity contribution in [1.29, 1.82) is 0 Å². The highest BCUT2D eigenvalue weighted by atomic mass is 35.5. The van der Waals surface area contributed by atoms with Crippen molar-refractivity contribution < 1.29 is 9.84 Å². The SMILES string of the molecule is COc1ccc(Cl)cc1C(O)NCCc1ccc(C)cc1. The minimum atomic E-state index is -0.802. The first-order valence-corrected chi connectivity index (χ1v) is 7.28. The van der Waals surface area contributed by atoms with Gasteiger partial charge in [0.1, 0.15) is 12.0 Å². The van der Waals surface area contributed by atoms with Gasteiger partial charge in [0.2, 0.25) is 0 Å². The highest BCUT2D eigenvalue weighted by Gasteiger charge is 2.13. The van der Waals surface area contributed by atoms with Gasteiger partial charge in [0.15, 0.2) is 0 Å². The zero-order chi connectivity index (χ0) is 15.2. The van der Waals surface area contributed by atoms with Crippen LogP contribution < -0.4 is 10.1 Å². The Hall–Kier alpha value is -1.55. The van der Waals surface area contributed by atoms with Crippen LogP contribution in [-0.2, 0) is 6.42 Å². The zero-order valence-corrected chi connectivity index (χ0v) is 13.0. The Balaban J connectivity index is 1.94. The number of nitrogens with one attached hydrogen (secondary N) is 1. The smallest absolute Gasteiger partial charge is 0.134 e. The quantitative estimate of drug-likeness (QED) is 0.803. The second kappa shape index (κ2) is 7.46. The van der Waals surface area contributed by atoms with Crippen LogP contribution in [-0.4, -0.2) is 18.8 Å². The van der Waals surface area contributed by atoms with E-state index in [4.69, 9.17) is 16.3 Å². The maximum atomic E-state index is 10.2. The Morgan fingerprint density at radius 1 is 1.19 bits per heavy atom. The maximum Gasteiger partial charge on any atom is 0.134 e. The van der Waals surface area contributed by atoms with Crippen LogP contribution in [0.25, 0.3) is 0 Å². The van der Waals surface area contributed by atoms with Crippen molar-refractivity contribution in [3.05, 3.63) is 64.2 Å². The molecule has 0 fully saturated rings. The molecule has 0 heterocycles. The third-order valence-electron chi connectivity index (χ3n) is 3.36. The van der Waals surface area contributed by atoms with Crippen molar-refractivity contribution in [2.45, 2.75) is 19.6 Å². The molecule has 112 valence electrons. The molecule has 0 aliphatic carbocycles. The number of aryl methyl sites for hydroxylation is 1. The summed E-state index contributed by atoms with van der Waals surface area (Å²) in [6.45, 7) is 2.73. The van der Waals surface area contributed by atoms with Crippen LogP contribution in [0.1, 0.15) is 22.9 Å². The summed E-state index contributed by atoms with van der Waals surface area (Å²) in [6.07, 6.45) is 0.0457. The molecule has 2 rings (SSSR count). The molecule has 21 heavy (non-hydrogen) atoms. The van der Waals surface area contributed by atoms with E-state index in [1.165, 1.54) is 11.1 Å². The molecule has 2 aromatic carbocycles. The lowest BCUT2D eigenvalue weighted by molar-refractivity contribution is 0.136. The van der Waals surface area contributed by atoms with E-state index in [0.29, 0.717) is 22.9 Å². The molecule has 0 bridgehead atoms. The van der Waals surface area contributed by atoms with Crippen LogP contribution in [0.2, 0.25) is 5.02 Å². The first kappa shape index (κ1) is 15.8. The van der Waals surface area contributed by atoms with Crippen molar-refractivity contribution in [3.8, 4) is 5.75 Å². The van der Waals surface area contributed by atoms with Crippen molar-refractivity contribution in [3.63, 3.8) is 0 Å². The summed E-state index contributed by atoms with van der Waals surface area (Å²) in [7, 11) is 1.58. The standard InChI is InChI=1S/C17H20ClNO2/c1-12-3-5-13(6-4-12)9-10-19-17(20)15-11-14(18)7-8-16(15)21-2/h3-8,11,17,19-20H,9-10H2,1-2H3. The number of methoxy groups -OCH3 is 1. The highest BCUT2D eigenvalue weighted by molar-refractivity contribution is 6.30. The van der Waals surface area contributed by atoms with Crippen LogP contribution in [0.3, 0.4) is 0 Å². The van der Waals surface area contributed by atoms with E-state index >= 15 is 0 Å². The minimum Gasteiger partial charge on any atom is -0.496 e. The van der Waals surface area contributed by atoms with Gasteiger partial charge in [-0.1, -0.05) is 41.4 Å². The molecule has 1 atom stereocenters. The molecule has 1 unspecified atom stereocenters. The minimum absolute atomic E-state index is 0.574. The van der Waals surface area contributed by atoms with Crippen LogP contribution >= 0.6 is 11.6 Å². The summed E-state index contributed by atoms with van der Waals surface area (Å²) >= 11 is 5.97. The maximum absolute atomic E-state index is 10.2. The number of benzene rings is 2. The van der Waals surface area contributed by atoms with Crippen LogP contribution in [0, 0.1) is 6.92 Å². The Morgan fingerprint density at radius 3 is 2.57 bits per heavy atom. The van der Waals surface area contributed by atoms with E-state index in [2.05, 4.69) is 36.5 Å². The van der Waals surface area contributed by atoms with Gasteiger partial charge in [0, 0.05) is 17.1 Å². The average Bonchev–Trinajstić information content (AvgIpc) is 2.49. The molecule has 4 heteroatoms. The van der Waals surface area contributed by atoms with Gasteiger partial charge >= 0.3 is 0 Å². The van der Waals surface area contributed by atoms with Gasteiger partial charge < -0.3 is 9.84 Å². The molecule has 0 saturated heterocycles. The molecule has 0 saturated carbocycles. The number of ether oxygens (including phenoxy) is 1. The molecule has 2 aromatic rings.